The Bertz CT molecular complexity index is 1080. The van der Waals surface area contributed by atoms with Gasteiger partial charge in [0.05, 0.1) is 13.2 Å². The van der Waals surface area contributed by atoms with Crippen LogP contribution < -0.4 is 9.47 Å². The topological polar surface area (TPSA) is 97.4 Å². The van der Waals surface area contributed by atoms with E-state index in [0.29, 0.717) is 35.6 Å². The molecule has 1 aromatic rings. The van der Waals surface area contributed by atoms with Crippen LogP contribution in [0.25, 0.3) is 0 Å². The maximum Gasteiger partial charge on any atom is 0.516 e. The number of hydrogen-bond donors (Lipinski definition) is 0. The highest BCUT2D eigenvalue weighted by Crippen LogP contribution is 2.46. The molecule has 0 radical (unpaired) electrons. The van der Waals surface area contributed by atoms with Crippen molar-refractivity contribution in [1.29, 1.82) is 0 Å². The molecule has 0 saturated carbocycles. The Morgan fingerprint density at radius 1 is 0.814 bits per heavy atom. The van der Waals surface area contributed by atoms with E-state index in [1.165, 1.54) is 38.5 Å². The number of carbonyl (C=O) groups excluding carboxylic acids is 3. The highest BCUT2D eigenvalue weighted by molar-refractivity contribution is 6.01. The third-order valence-corrected chi connectivity index (χ3v) is 8.66. The van der Waals surface area contributed by atoms with Gasteiger partial charge in [-0.15, -0.1) is 0 Å². The molecule has 8 heteroatoms. The molecular weight excluding hydrogens is 548 g/mol. The molecule has 0 amide bonds. The quantitative estimate of drug-likeness (QED) is 0.104. The number of ether oxygens (including phenoxy) is 5. The van der Waals surface area contributed by atoms with Gasteiger partial charge in [-0.3, -0.25) is 0 Å². The summed E-state index contributed by atoms with van der Waals surface area (Å²) >= 11 is 0. The molecule has 244 valence electrons. The third kappa shape index (κ3) is 11.3. The highest BCUT2D eigenvalue weighted by Gasteiger charge is 2.38. The van der Waals surface area contributed by atoms with Crippen LogP contribution in [0.5, 0.6) is 11.5 Å². The van der Waals surface area contributed by atoms with Gasteiger partial charge in [0.25, 0.3) is 0 Å². The lowest BCUT2D eigenvalue weighted by Gasteiger charge is -2.38. The van der Waals surface area contributed by atoms with Crippen molar-refractivity contribution in [2.45, 2.75) is 139 Å². The number of hydrogen-bond acceptors (Lipinski definition) is 8. The zero-order valence-corrected chi connectivity index (χ0v) is 28.2. The summed E-state index contributed by atoms with van der Waals surface area (Å²) in [6.45, 7) is 18.5. The van der Waals surface area contributed by atoms with Crippen molar-refractivity contribution in [3.8, 4) is 11.5 Å². The predicted molar refractivity (Wildman–Crippen MR) is 168 cm³/mol. The smallest absolute Gasteiger partial charge is 0.487 e. The van der Waals surface area contributed by atoms with Gasteiger partial charge in [-0.25, -0.2) is 14.4 Å². The van der Waals surface area contributed by atoms with E-state index in [-0.39, 0.29) is 24.5 Å². The van der Waals surface area contributed by atoms with Crippen molar-refractivity contribution in [3.63, 3.8) is 0 Å². The fourth-order valence-corrected chi connectivity index (χ4v) is 5.90. The summed E-state index contributed by atoms with van der Waals surface area (Å²) < 4.78 is 26.8. The molecule has 0 bridgehead atoms. The minimum atomic E-state index is -1.11. The minimum absolute atomic E-state index is 0.00619. The Kier molecular flexibility index (Phi) is 14.8. The standard InChI is InChI=1S/C35H56O8/c1-10-39-33(37)41-31-27(8)26(7)30-28(29(31)32(36)42-34(38)40-11-2)20-22-35(9,43-30)21-14-19-25(6)18-13-17-24(5)16-12-15-23(3)4/h23-25H,10-22H2,1-9H3/t24-,25-,35-/m1/s1. The molecule has 0 unspecified atom stereocenters. The van der Waals surface area contributed by atoms with E-state index in [2.05, 4.69) is 34.6 Å². The molecular formula is C35H56O8. The Labute approximate surface area is 259 Å². The van der Waals surface area contributed by atoms with Crippen LogP contribution in [0.4, 0.5) is 9.59 Å². The van der Waals surface area contributed by atoms with Gasteiger partial charge in [-0.1, -0.05) is 72.6 Å². The lowest BCUT2D eigenvalue weighted by Crippen LogP contribution is -2.37. The molecule has 1 aliphatic heterocycles. The SMILES string of the molecule is CCOC(=O)OC(=O)c1c2c(c(C)c(C)c1OC(=O)OCC)O[C@](C)(CCC[C@H](C)CCC[C@H](C)CCCC(C)C)CC2. The number of esters is 1. The number of fused-ring (bicyclic) bond motifs is 1. The van der Waals surface area contributed by atoms with E-state index in [0.717, 1.165) is 36.7 Å². The predicted octanol–water partition coefficient (Wildman–Crippen LogP) is 9.67. The van der Waals surface area contributed by atoms with E-state index in [9.17, 15) is 14.4 Å². The lowest BCUT2D eigenvalue weighted by atomic mass is 9.83. The molecule has 1 aliphatic rings. The Morgan fingerprint density at radius 3 is 1.95 bits per heavy atom. The average Bonchev–Trinajstić information content (AvgIpc) is 2.92. The molecule has 1 aromatic carbocycles. The van der Waals surface area contributed by atoms with Crippen LogP contribution >= 0.6 is 0 Å². The van der Waals surface area contributed by atoms with Gasteiger partial charge in [0.15, 0.2) is 5.75 Å². The zero-order chi connectivity index (χ0) is 32.2. The first kappa shape index (κ1) is 36.4. The average molecular weight is 605 g/mol. The van der Waals surface area contributed by atoms with Crippen LogP contribution in [0.15, 0.2) is 0 Å². The summed E-state index contributed by atoms with van der Waals surface area (Å²) in [6, 6.07) is 0. The van der Waals surface area contributed by atoms with Gasteiger partial charge in [0.1, 0.15) is 16.9 Å². The van der Waals surface area contributed by atoms with Gasteiger partial charge in [-0.05, 0) is 89.2 Å². The molecule has 0 saturated heterocycles. The first-order chi connectivity index (χ1) is 20.3. The lowest BCUT2D eigenvalue weighted by molar-refractivity contribution is 0.0373. The molecule has 3 atom stereocenters. The molecule has 0 aromatic heterocycles. The van der Waals surface area contributed by atoms with Crippen LogP contribution in [0.3, 0.4) is 0 Å². The maximum atomic E-state index is 13.2. The van der Waals surface area contributed by atoms with Gasteiger partial charge >= 0.3 is 18.3 Å². The van der Waals surface area contributed by atoms with E-state index >= 15 is 0 Å². The first-order valence-corrected chi connectivity index (χ1v) is 16.4. The van der Waals surface area contributed by atoms with Gasteiger partial charge < -0.3 is 23.7 Å². The fraction of sp³-hybridized carbons (Fsp3) is 0.743. The number of rotatable bonds is 16. The number of benzene rings is 1. The van der Waals surface area contributed by atoms with Gasteiger partial charge in [0, 0.05) is 5.56 Å². The Balaban J connectivity index is 2.10. The molecule has 0 fully saturated rings. The van der Waals surface area contributed by atoms with Crippen molar-refractivity contribution in [2.24, 2.45) is 17.8 Å². The molecule has 0 spiro atoms. The van der Waals surface area contributed by atoms with E-state index in [1.807, 2.05) is 6.92 Å². The van der Waals surface area contributed by atoms with Gasteiger partial charge in [-0.2, -0.15) is 0 Å². The fourth-order valence-electron chi connectivity index (χ4n) is 5.90. The number of carbonyl (C=O) groups is 3. The van der Waals surface area contributed by atoms with Crippen LogP contribution in [-0.2, 0) is 20.6 Å². The molecule has 8 nitrogen and oxygen atoms in total. The van der Waals surface area contributed by atoms with Crippen LogP contribution in [0, 0.1) is 31.6 Å². The summed E-state index contributed by atoms with van der Waals surface area (Å²) in [7, 11) is 0. The zero-order valence-electron chi connectivity index (χ0n) is 28.2. The second-order valence-electron chi connectivity index (χ2n) is 13.0. The third-order valence-electron chi connectivity index (χ3n) is 8.66. The first-order valence-electron chi connectivity index (χ1n) is 16.4. The molecule has 2 rings (SSSR count). The Hall–Kier alpha value is -2.77. The van der Waals surface area contributed by atoms with Gasteiger partial charge in [0.2, 0.25) is 0 Å². The second-order valence-corrected chi connectivity index (χ2v) is 13.0. The van der Waals surface area contributed by atoms with Crippen LogP contribution in [0.1, 0.15) is 140 Å². The largest absolute Gasteiger partial charge is 0.516 e. The molecule has 0 aliphatic carbocycles. The van der Waals surface area contributed by atoms with E-state index < -0.39 is 23.9 Å². The maximum absolute atomic E-state index is 13.2. The van der Waals surface area contributed by atoms with Crippen molar-refractivity contribution in [3.05, 3.63) is 22.3 Å². The summed E-state index contributed by atoms with van der Waals surface area (Å²) in [5.74, 6) is 1.90. The van der Waals surface area contributed by atoms with Crippen LogP contribution in [0.2, 0.25) is 0 Å². The van der Waals surface area contributed by atoms with E-state index in [1.54, 1.807) is 20.8 Å². The summed E-state index contributed by atoms with van der Waals surface area (Å²) in [5.41, 5.74) is 1.46. The summed E-state index contributed by atoms with van der Waals surface area (Å²) in [5, 5.41) is 0. The molecule has 43 heavy (non-hydrogen) atoms. The van der Waals surface area contributed by atoms with Crippen molar-refractivity contribution in [1.82, 2.24) is 0 Å². The monoisotopic (exact) mass is 604 g/mol. The summed E-state index contributed by atoms with van der Waals surface area (Å²) in [4.78, 5) is 37.5. The highest BCUT2D eigenvalue weighted by atomic mass is 16.7. The minimum Gasteiger partial charge on any atom is -0.487 e. The Morgan fingerprint density at radius 2 is 1.37 bits per heavy atom. The molecule has 0 N–H and O–H groups in total. The van der Waals surface area contributed by atoms with Crippen molar-refractivity contribution >= 4 is 18.3 Å². The summed E-state index contributed by atoms with van der Waals surface area (Å²) in [6.07, 6.45) is 10.1. The van der Waals surface area contributed by atoms with Crippen molar-refractivity contribution in [2.75, 3.05) is 13.2 Å². The normalized spacial score (nSPS) is 17.4. The van der Waals surface area contributed by atoms with E-state index in [4.69, 9.17) is 23.7 Å². The van der Waals surface area contributed by atoms with Crippen molar-refractivity contribution < 1.29 is 38.1 Å². The second kappa shape index (κ2) is 17.5. The van der Waals surface area contributed by atoms with Crippen LogP contribution in [-0.4, -0.2) is 37.1 Å². The molecule has 1 heterocycles.